The molecule has 1 N–H and O–H groups in total. The van der Waals surface area contributed by atoms with Crippen LogP contribution in [0.4, 0.5) is 0 Å². The molecule has 9 heavy (non-hydrogen) atoms. The lowest BCUT2D eigenvalue weighted by Gasteiger charge is -2.18. The van der Waals surface area contributed by atoms with Gasteiger partial charge in [-0.25, -0.2) is 0 Å². The Kier molecular flexibility index (Phi) is 2.48. The minimum Gasteiger partial charge on any atom is -0.411 e. The van der Waals surface area contributed by atoms with Gasteiger partial charge >= 0.3 is 0 Å². The number of hydrogen-bond donors (Lipinski definition) is 1. The fourth-order valence-electron chi connectivity index (χ4n) is 0.666. The lowest BCUT2D eigenvalue weighted by atomic mass is 10.4. The summed E-state index contributed by atoms with van der Waals surface area (Å²) in [5, 5.41) is 10.9. The molecule has 0 bridgehead atoms. The average Bonchev–Trinajstić information content (AvgIpc) is 1.91. The summed E-state index contributed by atoms with van der Waals surface area (Å²) in [6, 6.07) is 0. The van der Waals surface area contributed by atoms with Crippen molar-refractivity contribution in [1.29, 1.82) is 0 Å². The molecule has 0 aromatic heterocycles. The summed E-state index contributed by atoms with van der Waals surface area (Å²) in [6.45, 7) is 1.70. The van der Waals surface area contributed by atoms with E-state index < -0.39 is 0 Å². The van der Waals surface area contributed by atoms with Crippen LogP contribution in [0.5, 0.6) is 0 Å². The molecule has 1 aliphatic heterocycles. The molecule has 1 saturated heterocycles. The van der Waals surface area contributed by atoms with Crippen LogP contribution in [0.3, 0.4) is 0 Å². The Morgan fingerprint density at radius 2 is 2.44 bits per heavy atom. The molecule has 0 radical (unpaired) electrons. The van der Waals surface area contributed by atoms with Crippen LogP contribution in [0.25, 0.3) is 0 Å². The molecule has 1 rings (SSSR count). The highest BCUT2D eigenvalue weighted by Gasteiger charge is 2.10. The van der Waals surface area contributed by atoms with Crippen LogP contribution >= 0.6 is 0 Å². The Balaban J connectivity index is 2.23. The largest absolute Gasteiger partial charge is 0.411 e. The summed E-state index contributed by atoms with van der Waals surface area (Å²) in [7, 11) is 0. The zero-order valence-electron chi connectivity index (χ0n) is 4.99. The van der Waals surface area contributed by atoms with Crippen LogP contribution in [-0.4, -0.2) is 37.3 Å². The molecule has 4 nitrogen and oxygen atoms in total. The molecule has 0 amide bonds. The van der Waals surface area contributed by atoms with E-state index in [2.05, 4.69) is 5.16 Å². The Morgan fingerprint density at radius 1 is 1.56 bits per heavy atom. The van der Waals surface area contributed by atoms with E-state index in [0.717, 1.165) is 0 Å². The third-order valence-corrected chi connectivity index (χ3v) is 1.07. The van der Waals surface area contributed by atoms with Crippen LogP contribution < -0.4 is 0 Å². The normalized spacial score (nSPS) is 29.1. The fourth-order valence-corrected chi connectivity index (χ4v) is 0.666. The van der Waals surface area contributed by atoms with Gasteiger partial charge in [0.1, 0.15) is 6.10 Å². The summed E-state index contributed by atoms with van der Waals surface area (Å²) in [5.74, 6) is 0. The third-order valence-electron chi connectivity index (χ3n) is 1.07. The van der Waals surface area contributed by atoms with Crippen LogP contribution in [-0.2, 0) is 9.47 Å². The van der Waals surface area contributed by atoms with Crippen molar-refractivity contribution in [2.45, 2.75) is 6.10 Å². The van der Waals surface area contributed by atoms with Crippen molar-refractivity contribution in [3.63, 3.8) is 0 Å². The van der Waals surface area contributed by atoms with Gasteiger partial charge in [-0.3, -0.25) is 0 Å². The first-order chi connectivity index (χ1) is 4.43. The van der Waals surface area contributed by atoms with Crippen molar-refractivity contribution in [3.8, 4) is 0 Å². The van der Waals surface area contributed by atoms with Crippen molar-refractivity contribution in [2.24, 2.45) is 5.16 Å². The quantitative estimate of drug-likeness (QED) is 0.306. The van der Waals surface area contributed by atoms with Gasteiger partial charge < -0.3 is 14.7 Å². The van der Waals surface area contributed by atoms with E-state index in [1.807, 2.05) is 0 Å². The number of hydrogen-bond acceptors (Lipinski definition) is 4. The number of nitrogens with zero attached hydrogens (tertiary/aromatic N) is 1. The highest BCUT2D eigenvalue weighted by atomic mass is 16.6. The summed E-state index contributed by atoms with van der Waals surface area (Å²) >= 11 is 0. The van der Waals surface area contributed by atoms with E-state index >= 15 is 0 Å². The number of oxime groups is 1. The Hall–Kier alpha value is -0.610. The van der Waals surface area contributed by atoms with Crippen LogP contribution in [0.1, 0.15) is 0 Å². The molecule has 52 valence electrons. The summed E-state index contributed by atoms with van der Waals surface area (Å²) in [5.41, 5.74) is 0. The van der Waals surface area contributed by atoms with Crippen molar-refractivity contribution in [2.75, 3.05) is 19.8 Å². The SMILES string of the molecule is ON=CC1COCCO1. The second-order valence-electron chi connectivity index (χ2n) is 1.75. The lowest BCUT2D eigenvalue weighted by molar-refractivity contribution is -0.0581. The zero-order chi connectivity index (χ0) is 6.53. The molecule has 1 aliphatic rings. The van der Waals surface area contributed by atoms with E-state index in [9.17, 15) is 0 Å². The van der Waals surface area contributed by atoms with Crippen LogP contribution in [0.2, 0.25) is 0 Å². The molecule has 1 heterocycles. The Bertz CT molecular complexity index is 98.4. The van der Waals surface area contributed by atoms with Crippen LogP contribution in [0, 0.1) is 0 Å². The highest BCUT2D eigenvalue weighted by molar-refractivity contribution is 5.62. The summed E-state index contributed by atoms with van der Waals surface area (Å²) in [6.07, 6.45) is 1.16. The number of rotatable bonds is 1. The smallest absolute Gasteiger partial charge is 0.119 e. The van der Waals surface area contributed by atoms with Gasteiger partial charge in [0.2, 0.25) is 0 Å². The van der Waals surface area contributed by atoms with Gasteiger partial charge in [-0.05, 0) is 0 Å². The average molecular weight is 131 g/mol. The standard InChI is InChI=1S/C5H9NO3/c7-6-3-5-4-8-1-2-9-5/h3,5,7H,1-2,4H2. The van der Waals surface area contributed by atoms with E-state index in [-0.39, 0.29) is 6.10 Å². The molecule has 0 aromatic rings. The fraction of sp³-hybridized carbons (Fsp3) is 0.800. The van der Waals surface area contributed by atoms with E-state index in [4.69, 9.17) is 14.7 Å². The van der Waals surface area contributed by atoms with Crippen molar-refractivity contribution in [3.05, 3.63) is 0 Å². The topological polar surface area (TPSA) is 51.1 Å². The lowest BCUT2D eigenvalue weighted by Crippen LogP contribution is -2.29. The molecule has 0 aromatic carbocycles. The second-order valence-corrected chi connectivity index (χ2v) is 1.75. The molecular weight excluding hydrogens is 122 g/mol. The first-order valence-corrected chi connectivity index (χ1v) is 2.80. The van der Waals surface area contributed by atoms with E-state index in [1.54, 1.807) is 0 Å². The Labute approximate surface area is 53.1 Å². The molecule has 1 fully saturated rings. The molecule has 1 unspecified atom stereocenters. The van der Waals surface area contributed by atoms with Crippen molar-refractivity contribution in [1.82, 2.24) is 0 Å². The van der Waals surface area contributed by atoms with E-state index in [0.29, 0.717) is 19.8 Å². The maximum Gasteiger partial charge on any atom is 0.119 e. The van der Waals surface area contributed by atoms with Gasteiger partial charge in [-0.15, -0.1) is 0 Å². The van der Waals surface area contributed by atoms with Gasteiger partial charge in [-0.2, -0.15) is 0 Å². The predicted octanol–water partition coefficient (Wildman–Crippen LogP) is -0.138. The van der Waals surface area contributed by atoms with Crippen molar-refractivity contribution < 1.29 is 14.7 Å². The molecule has 1 atom stereocenters. The maximum absolute atomic E-state index is 8.05. The predicted molar refractivity (Wildman–Crippen MR) is 30.8 cm³/mol. The van der Waals surface area contributed by atoms with Gasteiger partial charge in [0.15, 0.2) is 0 Å². The molecule has 4 heteroatoms. The first-order valence-electron chi connectivity index (χ1n) is 2.80. The minimum absolute atomic E-state index is 0.163. The molecule has 0 spiro atoms. The zero-order valence-corrected chi connectivity index (χ0v) is 4.99. The van der Waals surface area contributed by atoms with Gasteiger partial charge in [0, 0.05) is 0 Å². The minimum atomic E-state index is -0.163. The second kappa shape index (κ2) is 3.42. The monoisotopic (exact) mass is 131 g/mol. The molecule has 0 saturated carbocycles. The van der Waals surface area contributed by atoms with Gasteiger partial charge in [0.05, 0.1) is 26.0 Å². The van der Waals surface area contributed by atoms with Crippen molar-refractivity contribution >= 4 is 6.21 Å². The summed E-state index contributed by atoms with van der Waals surface area (Å²) in [4.78, 5) is 0. The van der Waals surface area contributed by atoms with Gasteiger partial charge in [0.25, 0.3) is 0 Å². The summed E-state index contributed by atoms with van der Waals surface area (Å²) < 4.78 is 10.1. The van der Waals surface area contributed by atoms with Crippen LogP contribution in [0.15, 0.2) is 5.16 Å². The van der Waals surface area contributed by atoms with Gasteiger partial charge in [-0.1, -0.05) is 5.16 Å². The first kappa shape index (κ1) is 6.51. The maximum atomic E-state index is 8.05. The molecular formula is C5H9NO3. The number of ether oxygens (including phenoxy) is 2. The highest BCUT2D eigenvalue weighted by Crippen LogP contribution is 1.96. The third kappa shape index (κ3) is 1.99. The Morgan fingerprint density at radius 3 is 3.00 bits per heavy atom. The molecule has 0 aliphatic carbocycles. The van der Waals surface area contributed by atoms with E-state index in [1.165, 1.54) is 6.21 Å².